The van der Waals surface area contributed by atoms with Crippen LogP contribution in [0.2, 0.25) is 0 Å². The number of carbonyl (C=O) groups is 1. The predicted octanol–water partition coefficient (Wildman–Crippen LogP) is 6.00. The van der Waals surface area contributed by atoms with Gasteiger partial charge in [0.25, 0.3) is 5.60 Å². The van der Waals surface area contributed by atoms with Gasteiger partial charge in [-0.1, -0.05) is 48.5 Å². The number of aliphatic carboxylic acids is 1. The van der Waals surface area contributed by atoms with E-state index in [9.17, 15) is 36.2 Å². The van der Waals surface area contributed by atoms with Crippen molar-refractivity contribution in [3.63, 3.8) is 0 Å². The summed E-state index contributed by atoms with van der Waals surface area (Å²) in [4.78, 5) is 10.8. The largest absolute Gasteiger partial charge is 0.490 e. The number of halogens is 6. The lowest BCUT2D eigenvalue weighted by molar-refractivity contribution is -0.376. The third-order valence-corrected chi connectivity index (χ3v) is 5.73. The maximum atomic E-state index is 13.3. The quantitative estimate of drug-likeness (QED) is 0.307. The van der Waals surface area contributed by atoms with Gasteiger partial charge in [-0.2, -0.15) is 26.3 Å². The second-order valence-electron chi connectivity index (χ2n) is 8.64. The van der Waals surface area contributed by atoms with Crippen LogP contribution >= 0.6 is 0 Å². The van der Waals surface area contributed by atoms with Crippen molar-refractivity contribution >= 4 is 5.97 Å². The van der Waals surface area contributed by atoms with E-state index in [2.05, 4.69) is 0 Å². The Kier molecular flexibility index (Phi) is 8.61. The van der Waals surface area contributed by atoms with Crippen molar-refractivity contribution < 1.29 is 50.8 Å². The summed E-state index contributed by atoms with van der Waals surface area (Å²) in [6.07, 6.45) is -12.6. The van der Waals surface area contributed by atoms with E-state index < -0.39 is 35.6 Å². The molecule has 38 heavy (non-hydrogen) atoms. The zero-order chi connectivity index (χ0) is 28.1. The highest BCUT2D eigenvalue weighted by molar-refractivity contribution is 5.70. The Labute approximate surface area is 214 Å². The van der Waals surface area contributed by atoms with Crippen molar-refractivity contribution in [2.75, 3.05) is 6.61 Å². The van der Waals surface area contributed by atoms with E-state index in [1.165, 1.54) is 6.92 Å². The molecule has 3 aromatic carbocycles. The molecule has 0 saturated heterocycles. The minimum absolute atomic E-state index is 0.0155. The first-order valence-electron chi connectivity index (χ1n) is 11.3. The molecule has 0 aliphatic carbocycles. The predicted molar refractivity (Wildman–Crippen MR) is 125 cm³/mol. The molecule has 3 rings (SSSR count). The summed E-state index contributed by atoms with van der Waals surface area (Å²) in [5.41, 5.74) is -5.06. The molecular formula is C27H24F6O5. The zero-order valence-electron chi connectivity index (χ0n) is 20.0. The standard InChI is InChI=1S/C27H24F6O5/c1-17-13-20(25(36,26(28,29)30)27(31,32)33)9-12-23(17)38-22(14-18-5-3-2-4-6-18)16-37-21-10-7-19(8-11-21)15-24(34)35/h2-13,22,36H,14-16H2,1H3,(H,34,35)/t22-/m0/s1. The van der Waals surface area contributed by atoms with Crippen LogP contribution in [0.25, 0.3) is 0 Å². The van der Waals surface area contributed by atoms with Crippen molar-refractivity contribution in [1.29, 1.82) is 0 Å². The molecule has 0 amide bonds. The lowest BCUT2D eigenvalue weighted by Gasteiger charge is -2.33. The Morgan fingerprint density at radius 1 is 0.868 bits per heavy atom. The highest BCUT2D eigenvalue weighted by Gasteiger charge is 2.71. The molecular weight excluding hydrogens is 518 g/mol. The topological polar surface area (TPSA) is 76.0 Å². The molecule has 3 aromatic rings. The van der Waals surface area contributed by atoms with Crippen LogP contribution in [-0.4, -0.2) is 41.2 Å². The van der Waals surface area contributed by atoms with Crippen LogP contribution in [0.5, 0.6) is 11.5 Å². The number of carboxylic acid groups (broad SMARTS) is 1. The minimum atomic E-state index is -6.00. The number of hydrogen-bond acceptors (Lipinski definition) is 4. The fraction of sp³-hybridized carbons (Fsp3) is 0.296. The van der Waals surface area contributed by atoms with Crippen LogP contribution < -0.4 is 9.47 Å². The summed E-state index contributed by atoms with van der Waals surface area (Å²) in [5, 5.41) is 18.6. The molecule has 0 saturated carbocycles. The normalized spacial score (nSPS) is 13.2. The van der Waals surface area contributed by atoms with Gasteiger partial charge in [-0.3, -0.25) is 4.79 Å². The highest BCUT2D eigenvalue weighted by atomic mass is 19.4. The Bertz CT molecular complexity index is 1210. The summed E-state index contributed by atoms with van der Waals surface area (Å²) in [6.45, 7) is 1.23. The SMILES string of the molecule is Cc1cc(C(O)(C(F)(F)F)C(F)(F)F)ccc1O[C@H](COc1ccc(CC(=O)O)cc1)Cc1ccccc1. The zero-order valence-corrected chi connectivity index (χ0v) is 20.0. The van der Waals surface area contributed by atoms with E-state index in [0.29, 0.717) is 29.9 Å². The number of rotatable bonds is 10. The molecule has 0 aliphatic rings. The molecule has 2 N–H and O–H groups in total. The lowest BCUT2D eigenvalue weighted by atomic mass is 9.91. The molecule has 1 atom stereocenters. The number of aryl methyl sites for hydroxylation is 1. The fourth-order valence-electron chi connectivity index (χ4n) is 3.75. The molecule has 11 heteroatoms. The number of aliphatic hydroxyl groups is 1. The molecule has 0 aromatic heterocycles. The summed E-state index contributed by atoms with van der Waals surface area (Å²) in [6, 6.07) is 17.4. The molecule has 5 nitrogen and oxygen atoms in total. The maximum Gasteiger partial charge on any atom is 0.430 e. The first-order chi connectivity index (χ1) is 17.7. The van der Waals surface area contributed by atoms with Gasteiger partial charge in [0.05, 0.1) is 6.42 Å². The van der Waals surface area contributed by atoms with Gasteiger partial charge < -0.3 is 19.7 Å². The van der Waals surface area contributed by atoms with E-state index in [1.807, 2.05) is 12.1 Å². The molecule has 0 radical (unpaired) electrons. The summed E-state index contributed by atoms with van der Waals surface area (Å²) in [5.74, 6) is -0.560. The maximum absolute atomic E-state index is 13.3. The van der Waals surface area contributed by atoms with E-state index >= 15 is 0 Å². The van der Waals surface area contributed by atoms with Crippen molar-refractivity contribution in [3.05, 3.63) is 95.1 Å². The smallest absolute Gasteiger partial charge is 0.430 e. The lowest BCUT2D eigenvalue weighted by Crippen LogP contribution is -2.53. The van der Waals surface area contributed by atoms with E-state index in [1.54, 1.807) is 42.5 Å². The van der Waals surface area contributed by atoms with Gasteiger partial charge in [-0.15, -0.1) is 0 Å². The van der Waals surface area contributed by atoms with Gasteiger partial charge in [0.2, 0.25) is 0 Å². The third kappa shape index (κ3) is 6.77. The number of benzene rings is 3. The van der Waals surface area contributed by atoms with Gasteiger partial charge in [0, 0.05) is 12.0 Å². The summed E-state index contributed by atoms with van der Waals surface area (Å²) >= 11 is 0. The Balaban J connectivity index is 1.83. The molecule has 0 bridgehead atoms. The number of carboxylic acids is 1. The minimum Gasteiger partial charge on any atom is -0.490 e. The van der Waals surface area contributed by atoms with Crippen LogP contribution in [0.15, 0.2) is 72.8 Å². The number of hydrogen-bond donors (Lipinski definition) is 2. The molecule has 0 aliphatic heterocycles. The monoisotopic (exact) mass is 542 g/mol. The van der Waals surface area contributed by atoms with Gasteiger partial charge in [0.15, 0.2) is 0 Å². The van der Waals surface area contributed by atoms with Crippen LogP contribution in [-0.2, 0) is 23.2 Å². The van der Waals surface area contributed by atoms with E-state index in [-0.39, 0.29) is 24.3 Å². The number of ether oxygens (including phenoxy) is 2. The molecule has 204 valence electrons. The van der Waals surface area contributed by atoms with Crippen LogP contribution in [0, 0.1) is 6.92 Å². The average Bonchev–Trinajstić information content (AvgIpc) is 2.83. The second-order valence-corrected chi connectivity index (χ2v) is 8.64. The fourth-order valence-corrected chi connectivity index (χ4v) is 3.75. The Morgan fingerprint density at radius 3 is 2.00 bits per heavy atom. The van der Waals surface area contributed by atoms with Gasteiger partial charge in [-0.25, -0.2) is 0 Å². The molecule has 0 heterocycles. The van der Waals surface area contributed by atoms with Crippen molar-refractivity contribution in [2.24, 2.45) is 0 Å². The molecule has 0 spiro atoms. The summed E-state index contributed by atoms with van der Waals surface area (Å²) in [7, 11) is 0. The summed E-state index contributed by atoms with van der Waals surface area (Å²) < 4.78 is 91.3. The van der Waals surface area contributed by atoms with Crippen molar-refractivity contribution in [3.8, 4) is 11.5 Å². The first-order valence-corrected chi connectivity index (χ1v) is 11.3. The number of alkyl halides is 6. The first kappa shape index (κ1) is 28.8. The Morgan fingerprint density at radius 2 is 1.47 bits per heavy atom. The van der Waals surface area contributed by atoms with E-state index in [4.69, 9.17) is 14.6 Å². The molecule has 0 unspecified atom stereocenters. The van der Waals surface area contributed by atoms with Crippen molar-refractivity contribution in [2.45, 2.75) is 43.8 Å². The van der Waals surface area contributed by atoms with Crippen LogP contribution in [0.1, 0.15) is 22.3 Å². The van der Waals surface area contributed by atoms with Crippen LogP contribution in [0.4, 0.5) is 26.3 Å². The van der Waals surface area contributed by atoms with Crippen molar-refractivity contribution in [1.82, 2.24) is 0 Å². The molecule has 0 fully saturated rings. The second kappa shape index (κ2) is 11.3. The average molecular weight is 542 g/mol. The van der Waals surface area contributed by atoms with Gasteiger partial charge in [0.1, 0.15) is 24.2 Å². The third-order valence-electron chi connectivity index (χ3n) is 5.73. The van der Waals surface area contributed by atoms with Gasteiger partial charge >= 0.3 is 18.3 Å². The van der Waals surface area contributed by atoms with Gasteiger partial charge in [-0.05, 0) is 47.9 Å². The van der Waals surface area contributed by atoms with E-state index in [0.717, 1.165) is 11.6 Å². The highest BCUT2D eigenvalue weighted by Crippen LogP contribution is 2.50. The van der Waals surface area contributed by atoms with Crippen LogP contribution in [0.3, 0.4) is 0 Å². The Hall–Kier alpha value is -3.73.